The number of carbonyl (C=O) groups excluding carboxylic acids is 1. The minimum Gasteiger partial charge on any atom is -0.464 e. The normalized spacial score (nSPS) is 11.7. The van der Waals surface area contributed by atoms with Crippen LogP contribution in [0.3, 0.4) is 0 Å². The van der Waals surface area contributed by atoms with E-state index < -0.39 is 12.1 Å². The van der Waals surface area contributed by atoms with Crippen LogP contribution in [0, 0.1) is 0 Å². The van der Waals surface area contributed by atoms with Crippen molar-refractivity contribution in [2.24, 2.45) is 0 Å². The number of nitrogens with zero attached hydrogens (tertiary/aromatic N) is 1. The molecule has 0 bridgehead atoms. The van der Waals surface area contributed by atoms with Crippen LogP contribution in [0.25, 0.3) is 0 Å². The number of hydrogen-bond donors (Lipinski definition) is 1. The van der Waals surface area contributed by atoms with Crippen molar-refractivity contribution in [3.8, 4) is 0 Å². The largest absolute Gasteiger partial charge is 0.464 e. The van der Waals surface area contributed by atoms with E-state index in [-0.39, 0.29) is 13.0 Å². The molecule has 150 valence electrons. The van der Waals surface area contributed by atoms with Gasteiger partial charge < -0.3 is 14.7 Å². The predicted molar refractivity (Wildman–Crippen MR) is 116 cm³/mol. The van der Waals surface area contributed by atoms with Gasteiger partial charge in [-0.3, -0.25) is 0 Å². The molecular weight excluding hydrogens is 362 g/mol. The highest BCUT2D eigenvalue weighted by atomic mass is 16.5. The number of ether oxygens (including phenoxy) is 1. The van der Waals surface area contributed by atoms with Crippen LogP contribution >= 0.6 is 0 Å². The van der Waals surface area contributed by atoms with Crippen molar-refractivity contribution in [2.45, 2.75) is 32.5 Å². The lowest BCUT2D eigenvalue weighted by Gasteiger charge is -2.25. The molecule has 1 unspecified atom stereocenters. The fourth-order valence-corrected chi connectivity index (χ4v) is 3.23. The molecule has 1 N–H and O–H groups in total. The summed E-state index contributed by atoms with van der Waals surface area (Å²) >= 11 is 0. The van der Waals surface area contributed by atoms with Crippen molar-refractivity contribution in [3.63, 3.8) is 0 Å². The molecule has 1 atom stereocenters. The molecule has 0 saturated heterocycles. The third-order valence-corrected chi connectivity index (χ3v) is 4.72. The van der Waals surface area contributed by atoms with Crippen LogP contribution < -0.4 is 4.90 Å². The highest BCUT2D eigenvalue weighted by Gasteiger charge is 2.17. The molecule has 0 spiro atoms. The van der Waals surface area contributed by atoms with E-state index in [1.54, 1.807) is 6.92 Å². The topological polar surface area (TPSA) is 49.8 Å². The molecule has 0 aromatic heterocycles. The SMILES string of the molecule is CCOC(=O)C(O)Cc1ccc(N(Cc2ccccc2)Cc2ccccc2)cc1. The second-order valence-electron chi connectivity index (χ2n) is 6.97. The summed E-state index contributed by atoms with van der Waals surface area (Å²) < 4.78 is 4.87. The minimum absolute atomic E-state index is 0.247. The minimum atomic E-state index is -1.13. The fraction of sp³-hybridized carbons (Fsp3) is 0.240. The van der Waals surface area contributed by atoms with Crippen LogP contribution in [0.5, 0.6) is 0 Å². The van der Waals surface area contributed by atoms with E-state index in [1.165, 1.54) is 11.1 Å². The molecule has 3 rings (SSSR count). The number of aliphatic hydroxyl groups excluding tert-OH is 1. The lowest BCUT2D eigenvalue weighted by atomic mass is 10.1. The number of carbonyl (C=O) groups is 1. The van der Waals surface area contributed by atoms with Gasteiger partial charge in [-0.05, 0) is 35.7 Å². The lowest BCUT2D eigenvalue weighted by Crippen LogP contribution is -2.25. The zero-order chi connectivity index (χ0) is 20.5. The monoisotopic (exact) mass is 389 g/mol. The molecule has 0 amide bonds. The maximum absolute atomic E-state index is 11.6. The number of benzene rings is 3. The first-order chi connectivity index (χ1) is 14.2. The molecule has 0 radical (unpaired) electrons. The summed E-state index contributed by atoms with van der Waals surface area (Å²) in [6.45, 7) is 3.58. The van der Waals surface area contributed by atoms with Gasteiger partial charge in [0.15, 0.2) is 6.10 Å². The smallest absolute Gasteiger partial charge is 0.335 e. The summed E-state index contributed by atoms with van der Waals surface area (Å²) in [5.41, 5.74) is 4.47. The van der Waals surface area contributed by atoms with Gasteiger partial charge in [0, 0.05) is 25.2 Å². The molecule has 4 nitrogen and oxygen atoms in total. The Morgan fingerprint density at radius 2 is 1.34 bits per heavy atom. The number of aliphatic hydroxyl groups is 1. The van der Waals surface area contributed by atoms with Gasteiger partial charge in [-0.2, -0.15) is 0 Å². The third kappa shape index (κ3) is 6.19. The van der Waals surface area contributed by atoms with Crippen LogP contribution in [0.4, 0.5) is 5.69 Å². The van der Waals surface area contributed by atoms with Crippen molar-refractivity contribution in [1.82, 2.24) is 0 Å². The molecule has 3 aromatic rings. The van der Waals surface area contributed by atoms with E-state index in [0.717, 1.165) is 24.3 Å². The Morgan fingerprint density at radius 3 is 1.83 bits per heavy atom. The Morgan fingerprint density at radius 1 is 0.828 bits per heavy atom. The summed E-state index contributed by atoms with van der Waals surface area (Å²) in [6.07, 6.45) is -0.887. The second kappa shape index (κ2) is 10.4. The van der Waals surface area contributed by atoms with Gasteiger partial charge in [0.2, 0.25) is 0 Å². The first-order valence-electron chi connectivity index (χ1n) is 9.92. The summed E-state index contributed by atoms with van der Waals surface area (Å²) in [5, 5.41) is 9.99. The summed E-state index contributed by atoms with van der Waals surface area (Å²) in [7, 11) is 0. The Kier molecular flexibility index (Phi) is 7.42. The van der Waals surface area contributed by atoms with E-state index in [4.69, 9.17) is 4.74 Å². The van der Waals surface area contributed by atoms with Gasteiger partial charge in [0.05, 0.1) is 6.61 Å². The quantitative estimate of drug-likeness (QED) is 0.553. The molecule has 0 aliphatic heterocycles. The molecule has 3 aromatic carbocycles. The van der Waals surface area contributed by atoms with Gasteiger partial charge in [-0.15, -0.1) is 0 Å². The maximum atomic E-state index is 11.6. The average Bonchev–Trinajstić information content (AvgIpc) is 2.75. The van der Waals surface area contributed by atoms with Crippen LogP contribution in [0.15, 0.2) is 84.9 Å². The van der Waals surface area contributed by atoms with Crippen LogP contribution in [-0.2, 0) is 29.0 Å². The third-order valence-electron chi connectivity index (χ3n) is 4.72. The molecule has 29 heavy (non-hydrogen) atoms. The van der Waals surface area contributed by atoms with Gasteiger partial charge in [0.1, 0.15) is 0 Å². The Labute approximate surface area is 172 Å². The van der Waals surface area contributed by atoms with E-state index in [2.05, 4.69) is 53.4 Å². The first-order valence-corrected chi connectivity index (χ1v) is 9.92. The Balaban J connectivity index is 1.75. The fourth-order valence-electron chi connectivity index (χ4n) is 3.23. The summed E-state index contributed by atoms with van der Waals surface area (Å²) in [5.74, 6) is -0.577. The maximum Gasteiger partial charge on any atom is 0.335 e. The molecule has 0 aliphatic rings. The van der Waals surface area contributed by atoms with E-state index in [1.807, 2.05) is 36.4 Å². The Bertz CT molecular complexity index is 837. The second-order valence-corrected chi connectivity index (χ2v) is 6.97. The first kappa shape index (κ1) is 20.6. The van der Waals surface area contributed by atoms with Crippen molar-refractivity contribution in [3.05, 3.63) is 102 Å². The number of hydrogen-bond acceptors (Lipinski definition) is 4. The van der Waals surface area contributed by atoms with E-state index in [9.17, 15) is 9.90 Å². The van der Waals surface area contributed by atoms with E-state index >= 15 is 0 Å². The van der Waals surface area contributed by atoms with Crippen molar-refractivity contribution in [1.29, 1.82) is 0 Å². The number of esters is 1. The van der Waals surface area contributed by atoms with Crippen LogP contribution in [0.1, 0.15) is 23.6 Å². The number of rotatable bonds is 9. The molecule has 0 heterocycles. The highest BCUT2D eigenvalue weighted by molar-refractivity contribution is 5.74. The standard InChI is InChI=1S/C25H27NO3/c1-2-29-25(28)24(27)17-20-13-15-23(16-14-20)26(18-21-9-5-3-6-10-21)19-22-11-7-4-8-12-22/h3-16,24,27H,2,17-19H2,1H3. The molecule has 0 fully saturated rings. The van der Waals surface area contributed by atoms with E-state index in [0.29, 0.717) is 0 Å². The van der Waals surface area contributed by atoms with Gasteiger partial charge in [-0.25, -0.2) is 4.79 Å². The van der Waals surface area contributed by atoms with Gasteiger partial charge in [0.25, 0.3) is 0 Å². The number of anilines is 1. The molecule has 4 heteroatoms. The zero-order valence-corrected chi connectivity index (χ0v) is 16.7. The van der Waals surface area contributed by atoms with Crippen molar-refractivity contribution in [2.75, 3.05) is 11.5 Å². The van der Waals surface area contributed by atoms with Crippen molar-refractivity contribution < 1.29 is 14.6 Å². The molecular formula is C25H27NO3. The van der Waals surface area contributed by atoms with Crippen LogP contribution in [0.2, 0.25) is 0 Å². The summed E-state index contributed by atoms with van der Waals surface area (Å²) in [4.78, 5) is 14.0. The van der Waals surface area contributed by atoms with Crippen molar-refractivity contribution >= 4 is 11.7 Å². The van der Waals surface area contributed by atoms with Crippen LogP contribution in [-0.4, -0.2) is 23.8 Å². The summed E-state index contributed by atoms with van der Waals surface area (Å²) in [6, 6.07) is 28.8. The van der Waals surface area contributed by atoms with Gasteiger partial charge >= 0.3 is 5.97 Å². The average molecular weight is 389 g/mol. The van der Waals surface area contributed by atoms with Gasteiger partial charge in [-0.1, -0.05) is 72.8 Å². The molecule has 0 saturated carbocycles. The zero-order valence-electron chi connectivity index (χ0n) is 16.7. The lowest BCUT2D eigenvalue weighted by molar-refractivity contribution is -0.152. The Hall–Kier alpha value is -3.11. The molecule has 0 aliphatic carbocycles. The predicted octanol–water partition coefficient (Wildman–Crippen LogP) is 4.36. The highest BCUT2D eigenvalue weighted by Crippen LogP contribution is 2.21.